The molecule has 2 heteroatoms. The molecule has 1 aliphatic carbocycles. The van der Waals surface area contributed by atoms with Gasteiger partial charge in [0.25, 0.3) is 0 Å². The molecule has 0 heterocycles. The topological polar surface area (TPSA) is 38.4 Å². The van der Waals surface area contributed by atoms with Crippen LogP contribution in [0.25, 0.3) is 0 Å². The van der Waals surface area contributed by atoms with Gasteiger partial charge in [-0.2, -0.15) is 5.10 Å². The van der Waals surface area contributed by atoms with Crippen molar-refractivity contribution in [1.82, 2.24) is 0 Å². The molecule has 0 unspecified atom stereocenters. The third-order valence-corrected chi connectivity index (χ3v) is 2.58. The molecule has 0 spiro atoms. The normalized spacial score (nSPS) is 37.2. The zero-order valence-corrected chi connectivity index (χ0v) is 6.80. The maximum Gasteiger partial charge on any atom is 0.0409 e. The molecular formula is C8H16N2. The van der Waals surface area contributed by atoms with Crippen LogP contribution in [0.15, 0.2) is 5.10 Å². The molecule has 2 atom stereocenters. The molecule has 0 aromatic carbocycles. The van der Waals surface area contributed by atoms with Gasteiger partial charge in [-0.15, -0.1) is 0 Å². The van der Waals surface area contributed by atoms with Gasteiger partial charge in [-0.25, -0.2) is 0 Å². The number of hydrogen-bond acceptors (Lipinski definition) is 2. The lowest BCUT2D eigenvalue weighted by atomic mass is 9.95. The van der Waals surface area contributed by atoms with Crippen LogP contribution in [0.1, 0.15) is 33.1 Å². The van der Waals surface area contributed by atoms with E-state index in [-0.39, 0.29) is 0 Å². The van der Waals surface area contributed by atoms with Gasteiger partial charge in [0.2, 0.25) is 0 Å². The second kappa shape index (κ2) is 3.04. The van der Waals surface area contributed by atoms with Gasteiger partial charge < -0.3 is 5.84 Å². The fourth-order valence-corrected chi connectivity index (χ4v) is 1.89. The standard InChI is InChI=1S/C8H16N2/c1-3-7-6(2)4-5-8(7)10-9/h6-7H,3-5,9H2,1-2H3/b10-8-/t6-,7-/m0/s1. The SMILES string of the molecule is CC[C@@H]1/C(=N\N)CC[C@@H]1C. The molecule has 0 bridgehead atoms. The lowest BCUT2D eigenvalue weighted by molar-refractivity contribution is 0.468. The molecule has 0 saturated heterocycles. The molecule has 1 rings (SSSR count). The molecule has 2 N–H and O–H groups in total. The largest absolute Gasteiger partial charge is 0.323 e. The third kappa shape index (κ3) is 1.15. The summed E-state index contributed by atoms with van der Waals surface area (Å²) in [7, 11) is 0. The molecule has 0 amide bonds. The van der Waals surface area contributed by atoms with E-state index in [1.54, 1.807) is 0 Å². The van der Waals surface area contributed by atoms with E-state index >= 15 is 0 Å². The summed E-state index contributed by atoms with van der Waals surface area (Å²) in [5.74, 6) is 6.72. The van der Waals surface area contributed by atoms with Crippen LogP contribution in [0.3, 0.4) is 0 Å². The fraction of sp³-hybridized carbons (Fsp3) is 0.875. The number of nitrogens with zero attached hydrogens (tertiary/aromatic N) is 1. The Morgan fingerprint density at radius 1 is 1.70 bits per heavy atom. The summed E-state index contributed by atoms with van der Waals surface area (Å²) in [5, 5.41) is 3.81. The fourth-order valence-electron chi connectivity index (χ4n) is 1.89. The van der Waals surface area contributed by atoms with Crippen molar-refractivity contribution in [3.05, 3.63) is 0 Å². The van der Waals surface area contributed by atoms with Gasteiger partial charge in [0.15, 0.2) is 0 Å². The number of rotatable bonds is 1. The summed E-state index contributed by atoms with van der Waals surface area (Å²) in [6.45, 7) is 4.49. The predicted octanol–water partition coefficient (Wildman–Crippen LogP) is 1.76. The van der Waals surface area contributed by atoms with E-state index in [0.29, 0.717) is 5.92 Å². The van der Waals surface area contributed by atoms with Crippen LogP contribution >= 0.6 is 0 Å². The smallest absolute Gasteiger partial charge is 0.0409 e. The molecule has 0 aromatic rings. The first kappa shape index (κ1) is 7.58. The van der Waals surface area contributed by atoms with Gasteiger partial charge in [0.1, 0.15) is 0 Å². The Bertz CT molecular complexity index is 140. The predicted molar refractivity (Wildman–Crippen MR) is 43.8 cm³/mol. The molecule has 0 radical (unpaired) electrons. The van der Waals surface area contributed by atoms with Crippen LogP contribution in [0.4, 0.5) is 0 Å². The van der Waals surface area contributed by atoms with E-state index in [1.165, 1.54) is 18.6 Å². The monoisotopic (exact) mass is 140 g/mol. The maximum absolute atomic E-state index is 5.25. The van der Waals surface area contributed by atoms with Crippen molar-refractivity contribution in [3.8, 4) is 0 Å². The highest BCUT2D eigenvalue weighted by Crippen LogP contribution is 2.30. The first-order valence-electron chi connectivity index (χ1n) is 4.06. The van der Waals surface area contributed by atoms with Gasteiger partial charge in [-0.3, -0.25) is 0 Å². The average Bonchev–Trinajstić information content (AvgIpc) is 2.30. The number of nitrogens with two attached hydrogens (primary N) is 1. The highest BCUT2D eigenvalue weighted by Gasteiger charge is 2.27. The van der Waals surface area contributed by atoms with Crippen LogP contribution in [0.2, 0.25) is 0 Å². The minimum atomic E-state index is 0.671. The summed E-state index contributed by atoms with van der Waals surface area (Å²) in [5.41, 5.74) is 1.23. The highest BCUT2D eigenvalue weighted by atomic mass is 15.1. The zero-order chi connectivity index (χ0) is 7.56. The summed E-state index contributed by atoms with van der Waals surface area (Å²) in [6.07, 6.45) is 3.59. The van der Waals surface area contributed by atoms with Crippen molar-refractivity contribution in [2.24, 2.45) is 22.8 Å². The molecule has 0 aromatic heterocycles. The quantitative estimate of drug-likeness (QED) is 0.437. The van der Waals surface area contributed by atoms with Crippen molar-refractivity contribution in [1.29, 1.82) is 0 Å². The Morgan fingerprint density at radius 2 is 2.40 bits per heavy atom. The van der Waals surface area contributed by atoms with Crippen LogP contribution in [0, 0.1) is 11.8 Å². The van der Waals surface area contributed by atoms with E-state index in [1.807, 2.05) is 0 Å². The maximum atomic E-state index is 5.25. The van der Waals surface area contributed by atoms with Gasteiger partial charge >= 0.3 is 0 Å². The molecule has 0 aliphatic heterocycles. The number of hydrogen-bond donors (Lipinski definition) is 1. The second-order valence-electron chi connectivity index (χ2n) is 3.15. The minimum absolute atomic E-state index is 0.671. The first-order valence-corrected chi connectivity index (χ1v) is 4.06. The zero-order valence-electron chi connectivity index (χ0n) is 6.80. The minimum Gasteiger partial charge on any atom is -0.323 e. The Labute approximate surface area is 62.5 Å². The van der Waals surface area contributed by atoms with E-state index in [9.17, 15) is 0 Å². The van der Waals surface area contributed by atoms with E-state index in [4.69, 9.17) is 5.84 Å². The Balaban J connectivity index is 2.63. The van der Waals surface area contributed by atoms with Crippen LogP contribution in [-0.2, 0) is 0 Å². The average molecular weight is 140 g/mol. The number of hydrazone groups is 1. The van der Waals surface area contributed by atoms with Crippen molar-refractivity contribution >= 4 is 5.71 Å². The van der Waals surface area contributed by atoms with Crippen molar-refractivity contribution in [2.75, 3.05) is 0 Å². The van der Waals surface area contributed by atoms with Gasteiger partial charge in [-0.1, -0.05) is 13.8 Å². The molecular weight excluding hydrogens is 124 g/mol. The van der Waals surface area contributed by atoms with E-state index in [0.717, 1.165) is 12.3 Å². The van der Waals surface area contributed by atoms with Crippen molar-refractivity contribution in [3.63, 3.8) is 0 Å². The van der Waals surface area contributed by atoms with E-state index < -0.39 is 0 Å². The Morgan fingerprint density at radius 3 is 2.80 bits per heavy atom. The molecule has 1 aliphatic rings. The van der Waals surface area contributed by atoms with Crippen molar-refractivity contribution < 1.29 is 0 Å². The lowest BCUT2D eigenvalue weighted by Gasteiger charge is -2.11. The molecule has 10 heavy (non-hydrogen) atoms. The Hall–Kier alpha value is -0.530. The Kier molecular flexibility index (Phi) is 2.30. The van der Waals surface area contributed by atoms with E-state index in [2.05, 4.69) is 18.9 Å². The van der Waals surface area contributed by atoms with Crippen molar-refractivity contribution in [2.45, 2.75) is 33.1 Å². The van der Waals surface area contributed by atoms with Crippen LogP contribution in [-0.4, -0.2) is 5.71 Å². The molecule has 1 saturated carbocycles. The molecule has 2 nitrogen and oxygen atoms in total. The lowest BCUT2D eigenvalue weighted by Crippen LogP contribution is -2.12. The summed E-state index contributed by atoms with van der Waals surface area (Å²) in [4.78, 5) is 0. The van der Waals surface area contributed by atoms with Gasteiger partial charge in [0.05, 0.1) is 0 Å². The van der Waals surface area contributed by atoms with Crippen LogP contribution in [0.5, 0.6) is 0 Å². The summed E-state index contributed by atoms with van der Waals surface area (Å²) < 4.78 is 0. The molecule has 58 valence electrons. The second-order valence-corrected chi connectivity index (χ2v) is 3.15. The van der Waals surface area contributed by atoms with Gasteiger partial charge in [0, 0.05) is 11.6 Å². The first-order chi connectivity index (χ1) is 4.79. The summed E-state index contributed by atoms with van der Waals surface area (Å²) >= 11 is 0. The molecule has 1 fully saturated rings. The summed E-state index contributed by atoms with van der Waals surface area (Å²) in [6, 6.07) is 0. The highest BCUT2D eigenvalue weighted by molar-refractivity contribution is 5.88. The van der Waals surface area contributed by atoms with Crippen LogP contribution < -0.4 is 5.84 Å². The van der Waals surface area contributed by atoms with Gasteiger partial charge in [-0.05, 0) is 25.2 Å². The third-order valence-electron chi connectivity index (χ3n) is 2.58.